The predicted molar refractivity (Wildman–Crippen MR) is 70.9 cm³/mol. The van der Waals surface area contributed by atoms with E-state index in [2.05, 4.69) is 10.6 Å². The first-order valence-electron chi connectivity index (χ1n) is 5.73. The summed E-state index contributed by atoms with van der Waals surface area (Å²) < 4.78 is 0. The van der Waals surface area contributed by atoms with Crippen LogP contribution in [0.5, 0.6) is 0 Å². The van der Waals surface area contributed by atoms with Gasteiger partial charge < -0.3 is 11.1 Å². The van der Waals surface area contributed by atoms with Gasteiger partial charge in [-0.1, -0.05) is 18.2 Å². The van der Waals surface area contributed by atoms with E-state index in [-0.39, 0.29) is 5.91 Å². The van der Waals surface area contributed by atoms with Crippen molar-refractivity contribution in [1.29, 1.82) is 0 Å². The Morgan fingerprint density at radius 2 is 1.89 bits per heavy atom. The molecule has 4 N–H and O–H groups in total. The Balaban J connectivity index is 2.79. The molecule has 18 heavy (non-hydrogen) atoms. The lowest BCUT2D eigenvalue weighted by Crippen LogP contribution is -2.50. The molecule has 1 aromatic rings. The molecule has 98 valence electrons. The van der Waals surface area contributed by atoms with Crippen molar-refractivity contribution in [3.63, 3.8) is 0 Å². The second kappa shape index (κ2) is 5.64. The van der Waals surface area contributed by atoms with E-state index < -0.39 is 11.4 Å². The van der Waals surface area contributed by atoms with Gasteiger partial charge in [0.25, 0.3) is 0 Å². The Hall–Kier alpha value is -1.88. The van der Waals surface area contributed by atoms with Crippen LogP contribution in [0.4, 0.5) is 5.69 Å². The zero-order chi connectivity index (χ0) is 13.8. The summed E-state index contributed by atoms with van der Waals surface area (Å²) in [6.45, 7) is 5.34. The van der Waals surface area contributed by atoms with Crippen LogP contribution in [0, 0.1) is 0 Å². The monoisotopic (exact) mass is 249 g/mol. The maximum atomic E-state index is 11.2. The second-order valence-corrected chi connectivity index (χ2v) is 4.68. The van der Waals surface area contributed by atoms with Gasteiger partial charge in [0.2, 0.25) is 11.8 Å². The van der Waals surface area contributed by atoms with Gasteiger partial charge in [-0.25, -0.2) is 0 Å². The molecular weight excluding hydrogens is 230 g/mol. The number of anilines is 1. The maximum Gasteiger partial charge on any atom is 0.237 e. The minimum absolute atomic E-state index is 0.128. The zero-order valence-electron chi connectivity index (χ0n) is 10.9. The highest BCUT2D eigenvalue weighted by molar-refractivity contribution is 5.89. The van der Waals surface area contributed by atoms with Gasteiger partial charge in [-0.2, -0.15) is 0 Å². The van der Waals surface area contributed by atoms with Crippen molar-refractivity contribution in [3.05, 3.63) is 29.8 Å². The number of hydrogen-bond donors (Lipinski definition) is 3. The molecule has 5 heteroatoms. The molecule has 0 saturated heterocycles. The molecule has 1 rings (SSSR count). The number of amides is 2. The maximum absolute atomic E-state index is 11.2. The first kappa shape index (κ1) is 14.2. The Morgan fingerprint density at radius 3 is 2.44 bits per heavy atom. The molecule has 0 spiro atoms. The number of para-hydroxylation sites is 1. The van der Waals surface area contributed by atoms with Crippen LogP contribution in [0.3, 0.4) is 0 Å². The first-order valence-corrected chi connectivity index (χ1v) is 5.73. The Morgan fingerprint density at radius 1 is 1.28 bits per heavy atom. The number of benzene rings is 1. The van der Waals surface area contributed by atoms with Crippen LogP contribution in [0.1, 0.15) is 26.3 Å². The number of nitrogens with two attached hydrogens (primary N) is 1. The van der Waals surface area contributed by atoms with Gasteiger partial charge in [0.1, 0.15) is 0 Å². The Kier molecular flexibility index (Phi) is 4.44. The molecule has 0 heterocycles. The number of hydrogen-bond acceptors (Lipinski definition) is 3. The van der Waals surface area contributed by atoms with Gasteiger partial charge in [0.15, 0.2) is 0 Å². The van der Waals surface area contributed by atoms with Crippen LogP contribution >= 0.6 is 0 Å². The lowest BCUT2D eigenvalue weighted by molar-refractivity contribution is -0.123. The van der Waals surface area contributed by atoms with Gasteiger partial charge in [0.05, 0.1) is 5.54 Å². The first-order chi connectivity index (χ1) is 8.33. The molecule has 0 aliphatic carbocycles. The summed E-state index contributed by atoms with van der Waals surface area (Å²) in [5.74, 6) is -0.545. The van der Waals surface area contributed by atoms with Crippen molar-refractivity contribution in [2.24, 2.45) is 5.73 Å². The number of carbonyl (C=O) groups is 2. The summed E-state index contributed by atoms with van der Waals surface area (Å²) in [7, 11) is 0. The van der Waals surface area contributed by atoms with Crippen molar-refractivity contribution in [2.45, 2.75) is 32.9 Å². The van der Waals surface area contributed by atoms with E-state index in [1.54, 1.807) is 13.8 Å². The third-order valence-corrected chi connectivity index (χ3v) is 2.66. The van der Waals surface area contributed by atoms with Crippen molar-refractivity contribution in [2.75, 3.05) is 5.32 Å². The third kappa shape index (κ3) is 3.85. The molecule has 0 atom stereocenters. The number of rotatable bonds is 5. The topological polar surface area (TPSA) is 84.2 Å². The molecule has 0 bridgehead atoms. The Bertz CT molecular complexity index is 455. The van der Waals surface area contributed by atoms with Crippen LogP contribution in [-0.4, -0.2) is 17.4 Å². The highest BCUT2D eigenvalue weighted by Gasteiger charge is 2.23. The van der Waals surface area contributed by atoms with Crippen molar-refractivity contribution in [1.82, 2.24) is 5.32 Å². The van der Waals surface area contributed by atoms with E-state index in [9.17, 15) is 9.59 Å². The molecule has 0 aromatic heterocycles. The van der Waals surface area contributed by atoms with Gasteiger partial charge in [-0.3, -0.25) is 14.9 Å². The van der Waals surface area contributed by atoms with Gasteiger partial charge in [0, 0.05) is 19.2 Å². The van der Waals surface area contributed by atoms with Gasteiger partial charge in [-0.05, 0) is 25.5 Å². The molecule has 0 aliphatic heterocycles. The normalized spacial score (nSPS) is 11.1. The molecule has 1 aromatic carbocycles. The summed E-state index contributed by atoms with van der Waals surface area (Å²) in [5, 5.41) is 5.81. The van der Waals surface area contributed by atoms with E-state index >= 15 is 0 Å². The summed E-state index contributed by atoms with van der Waals surface area (Å²) in [4.78, 5) is 22.3. The second-order valence-electron chi connectivity index (χ2n) is 4.68. The molecule has 5 nitrogen and oxygen atoms in total. The number of primary amides is 1. The minimum Gasteiger partial charge on any atom is -0.368 e. The highest BCUT2D eigenvalue weighted by atomic mass is 16.2. The largest absolute Gasteiger partial charge is 0.368 e. The van der Waals surface area contributed by atoms with Crippen LogP contribution in [0.2, 0.25) is 0 Å². The lowest BCUT2D eigenvalue weighted by atomic mass is 10.0. The fraction of sp³-hybridized carbons (Fsp3) is 0.385. The van der Waals surface area contributed by atoms with Crippen LogP contribution in [0.15, 0.2) is 24.3 Å². The van der Waals surface area contributed by atoms with Gasteiger partial charge >= 0.3 is 0 Å². The molecule has 0 radical (unpaired) electrons. The van der Waals surface area contributed by atoms with Crippen molar-refractivity contribution < 1.29 is 9.59 Å². The summed E-state index contributed by atoms with van der Waals surface area (Å²) >= 11 is 0. The summed E-state index contributed by atoms with van der Waals surface area (Å²) in [6.07, 6.45) is 0. The van der Waals surface area contributed by atoms with Gasteiger partial charge in [-0.15, -0.1) is 0 Å². The van der Waals surface area contributed by atoms with Crippen LogP contribution < -0.4 is 16.4 Å². The number of carbonyl (C=O) groups excluding carboxylic acids is 2. The fourth-order valence-corrected chi connectivity index (χ4v) is 1.39. The standard InChI is InChI=1S/C13H19N3O2/c1-9(17)16-11-7-5-4-6-10(11)8-15-13(2,3)12(14)18/h4-7,15H,8H2,1-3H3,(H2,14,18)(H,16,17). The van der Waals surface area contributed by atoms with Crippen molar-refractivity contribution in [3.8, 4) is 0 Å². The van der Waals surface area contributed by atoms with E-state index in [4.69, 9.17) is 5.73 Å². The number of nitrogens with one attached hydrogen (secondary N) is 2. The highest BCUT2D eigenvalue weighted by Crippen LogP contribution is 2.15. The molecule has 0 aliphatic rings. The average Bonchev–Trinajstić information content (AvgIpc) is 2.27. The average molecular weight is 249 g/mol. The van der Waals surface area contributed by atoms with Crippen molar-refractivity contribution >= 4 is 17.5 Å². The smallest absolute Gasteiger partial charge is 0.237 e. The van der Waals surface area contributed by atoms with E-state index in [1.807, 2.05) is 24.3 Å². The van der Waals surface area contributed by atoms with E-state index in [0.717, 1.165) is 11.3 Å². The summed E-state index contributed by atoms with van der Waals surface area (Å²) in [6, 6.07) is 7.42. The SMILES string of the molecule is CC(=O)Nc1ccccc1CNC(C)(C)C(N)=O. The quantitative estimate of drug-likeness (QED) is 0.727. The van der Waals surface area contributed by atoms with E-state index in [0.29, 0.717) is 6.54 Å². The summed E-state index contributed by atoms with van der Waals surface area (Å²) in [5.41, 5.74) is 6.13. The lowest BCUT2D eigenvalue weighted by Gasteiger charge is -2.23. The van der Waals surface area contributed by atoms with E-state index in [1.165, 1.54) is 6.92 Å². The fourth-order valence-electron chi connectivity index (χ4n) is 1.39. The molecule has 0 unspecified atom stereocenters. The zero-order valence-corrected chi connectivity index (χ0v) is 10.9. The molecular formula is C13H19N3O2. The van der Waals surface area contributed by atoms with Crippen LogP contribution in [-0.2, 0) is 16.1 Å². The molecule has 2 amide bonds. The third-order valence-electron chi connectivity index (χ3n) is 2.66. The Labute approximate surface area is 107 Å². The molecule has 0 fully saturated rings. The minimum atomic E-state index is -0.788. The molecule has 0 saturated carbocycles. The van der Waals surface area contributed by atoms with Crippen LogP contribution in [0.25, 0.3) is 0 Å². The predicted octanol–water partition coefficient (Wildman–Crippen LogP) is 0.998.